The summed E-state index contributed by atoms with van der Waals surface area (Å²) >= 11 is 0. The minimum absolute atomic E-state index is 0.102. The summed E-state index contributed by atoms with van der Waals surface area (Å²) < 4.78 is 9.45. The van der Waals surface area contributed by atoms with E-state index < -0.39 is 11.9 Å². The van der Waals surface area contributed by atoms with E-state index in [-0.39, 0.29) is 6.61 Å². The largest absolute Gasteiger partial charge is 0.463 e. The topological polar surface area (TPSA) is 52.6 Å². The Morgan fingerprint density at radius 2 is 1.67 bits per heavy atom. The smallest absolute Gasteiger partial charge is 0.331 e. The number of hydrogen-bond acceptors (Lipinski definition) is 4. The molecule has 0 amide bonds. The van der Waals surface area contributed by atoms with Crippen molar-refractivity contribution in [3.05, 3.63) is 12.2 Å². The van der Waals surface area contributed by atoms with Crippen LogP contribution in [0, 0.1) is 12.3 Å². The fourth-order valence-electron chi connectivity index (χ4n) is 1.22. The zero-order valence-corrected chi connectivity index (χ0v) is 10.8. The molecule has 0 aromatic rings. The molecule has 0 saturated carbocycles. The predicted octanol–water partition coefficient (Wildman–Crippen LogP) is 2.23. The zero-order chi connectivity index (χ0) is 13.6. The molecule has 4 heteroatoms. The molecule has 0 spiro atoms. The number of unbranched alkanes of at least 4 members (excludes halogenated alkanes) is 4. The van der Waals surface area contributed by atoms with Crippen LogP contribution in [0.15, 0.2) is 12.2 Å². The van der Waals surface area contributed by atoms with Crippen molar-refractivity contribution in [3.8, 4) is 12.3 Å². The normalized spacial score (nSPS) is 10.0. The number of ether oxygens (including phenoxy) is 2. The lowest BCUT2D eigenvalue weighted by Gasteiger charge is -2.01. The van der Waals surface area contributed by atoms with Crippen LogP contribution < -0.4 is 0 Å². The highest BCUT2D eigenvalue weighted by Gasteiger charge is 2.00. The van der Waals surface area contributed by atoms with Gasteiger partial charge in [-0.05, 0) is 6.42 Å². The van der Waals surface area contributed by atoms with E-state index in [4.69, 9.17) is 11.2 Å². The average Bonchev–Trinajstić information content (AvgIpc) is 2.38. The molecule has 0 atom stereocenters. The second kappa shape index (κ2) is 11.7. The molecule has 0 radical (unpaired) electrons. The molecule has 0 aromatic carbocycles. The quantitative estimate of drug-likeness (QED) is 0.273. The lowest BCUT2D eigenvalue weighted by atomic mass is 10.2. The Labute approximate surface area is 108 Å². The molecular weight excluding hydrogens is 232 g/mol. The van der Waals surface area contributed by atoms with E-state index in [9.17, 15) is 9.59 Å². The van der Waals surface area contributed by atoms with Gasteiger partial charge < -0.3 is 9.47 Å². The molecule has 0 N–H and O–H groups in total. The molecule has 0 rings (SSSR count). The monoisotopic (exact) mass is 252 g/mol. The van der Waals surface area contributed by atoms with Crippen LogP contribution in [0.1, 0.15) is 39.0 Å². The third-order valence-electron chi connectivity index (χ3n) is 2.15. The van der Waals surface area contributed by atoms with E-state index in [0.29, 0.717) is 6.61 Å². The van der Waals surface area contributed by atoms with Crippen molar-refractivity contribution in [1.82, 2.24) is 0 Å². The zero-order valence-electron chi connectivity index (χ0n) is 10.8. The van der Waals surface area contributed by atoms with Crippen LogP contribution >= 0.6 is 0 Å². The molecule has 0 heterocycles. The number of rotatable bonds is 9. The van der Waals surface area contributed by atoms with Crippen LogP contribution in [-0.2, 0) is 19.1 Å². The Hall–Kier alpha value is -1.76. The maximum atomic E-state index is 11.2. The molecular formula is C14H20O4. The van der Waals surface area contributed by atoms with Crippen LogP contribution in [-0.4, -0.2) is 25.2 Å². The van der Waals surface area contributed by atoms with Crippen molar-refractivity contribution in [2.75, 3.05) is 13.2 Å². The molecule has 100 valence electrons. The van der Waals surface area contributed by atoms with Gasteiger partial charge in [-0.25, -0.2) is 9.59 Å². The third kappa shape index (κ3) is 10.7. The third-order valence-corrected chi connectivity index (χ3v) is 2.15. The summed E-state index contributed by atoms with van der Waals surface area (Å²) in [6.07, 6.45) is 12.4. The Balaban J connectivity index is 3.56. The van der Waals surface area contributed by atoms with Gasteiger partial charge in [-0.1, -0.05) is 38.5 Å². The fourth-order valence-corrected chi connectivity index (χ4v) is 1.22. The fraction of sp³-hybridized carbons (Fsp3) is 0.571. The van der Waals surface area contributed by atoms with Crippen molar-refractivity contribution < 1.29 is 19.1 Å². The van der Waals surface area contributed by atoms with Crippen LogP contribution in [0.5, 0.6) is 0 Å². The second-order valence-electron chi connectivity index (χ2n) is 3.73. The predicted molar refractivity (Wildman–Crippen MR) is 68.7 cm³/mol. The van der Waals surface area contributed by atoms with E-state index in [2.05, 4.69) is 17.6 Å². The second-order valence-corrected chi connectivity index (χ2v) is 3.73. The summed E-state index contributed by atoms with van der Waals surface area (Å²) in [5.74, 6) is 0.967. The first-order valence-electron chi connectivity index (χ1n) is 6.15. The lowest BCUT2D eigenvalue weighted by molar-refractivity contribution is -0.140. The van der Waals surface area contributed by atoms with Gasteiger partial charge in [0.25, 0.3) is 0 Å². The molecule has 0 aliphatic carbocycles. The van der Waals surface area contributed by atoms with Crippen LogP contribution in [0.4, 0.5) is 0 Å². The van der Waals surface area contributed by atoms with Gasteiger partial charge in [-0.3, -0.25) is 0 Å². The first-order valence-corrected chi connectivity index (χ1v) is 6.15. The van der Waals surface area contributed by atoms with Gasteiger partial charge >= 0.3 is 11.9 Å². The first kappa shape index (κ1) is 16.2. The van der Waals surface area contributed by atoms with Gasteiger partial charge in [0, 0.05) is 12.2 Å². The van der Waals surface area contributed by atoms with Gasteiger partial charge in [0.1, 0.15) is 0 Å². The van der Waals surface area contributed by atoms with Gasteiger partial charge in [-0.15, -0.1) is 6.42 Å². The molecule has 0 unspecified atom stereocenters. The lowest BCUT2D eigenvalue weighted by Crippen LogP contribution is -2.05. The highest BCUT2D eigenvalue weighted by molar-refractivity contribution is 5.91. The highest BCUT2D eigenvalue weighted by atomic mass is 16.5. The molecule has 18 heavy (non-hydrogen) atoms. The minimum atomic E-state index is -0.646. The van der Waals surface area contributed by atoms with Crippen molar-refractivity contribution in [1.29, 1.82) is 0 Å². The number of terminal acetylenes is 1. The molecule has 4 nitrogen and oxygen atoms in total. The SMILES string of the molecule is C#CCOC(=O)/C=C/C(=O)OCCCCCCC. The molecule has 0 fully saturated rings. The Kier molecular flexibility index (Phi) is 10.6. The number of carbonyl (C=O) groups excluding carboxylic acids is 2. The van der Waals surface area contributed by atoms with Crippen LogP contribution in [0.25, 0.3) is 0 Å². The summed E-state index contributed by atoms with van der Waals surface area (Å²) in [6.45, 7) is 2.42. The van der Waals surface area contributed by atoms with E-state index in [1.807, 2.05) is 0 Å². The summed E-state index contributed by atoms with van der Waals surface area (Å²) in [6, 6.07) is 0. The number of hydrogen-bond donors (Lipinski definition) is 0. The minimum Gasteiger partial charge on any atom is -0.463 e. The van der Waals surface area contributed by atoms with Gasteiger partial charge in [0.15, 0.2) is 6.61 Å². The molecule has 0 aromatic heterocycles. The van der Waals surface area contributed by atoms with Gasteiger partial charge in [0.2, 0.25) is 0 Å². The summed E-state index contributed by atoms with van der Waals surface area (Å²) in [4.78, 5) is 22.1. The summed E-state index contributed by atoms with van der Waals surface area (Å²) in [5.41, 5.74) is 0. The van der Waals surface area contributed by atoms with Gasteiger partial charge in [0.05, 0.1) is 6.61 Å². The standard InChI is InChI=1S/C14H20O4/c1-3-5-6-7-8-12-18-14(16)10-9-13(15)17-11-4-2/h2,9-10H,3,5-8,11-12H2,1H3/b10-9+. The van der Waals surface area contributed by atoms with E-state index >= 15 is 0 Å². The molecule has 0 saturated heterocycles. The number of esters is 2. The summed E-state index contributed by atoms with van der Waals surface area (Å²) in [7, 11) is 0. The van der Waals surface area contributed by atoms with Crippen molar-refractivity contribution in [3.63, 3.8) is 0 Å². The van der Waals surface area contributed by atoms with Crippen LogP contribution in [0.3, 0.4) is 0 Å². The maximum Gasteiger partial charge on any atom is 0.331 e. The van der Waals surface area contributed by atoms with E-state index in [1.165, 1.54) is 12.8 Å². The Morgan fingerprint density at radius 1 is 1.06 bits per heavy atom. The highest BCUT2D eigenvalue weighted by Crippen LogP contribution is 2.02. The van der Waals surface area contributed by atoms with Gasteiger partial charge in [-0.2, -0.15) is 0 Å². The summed E-state index contributed by atoms with van der Waals surface area (Å²) in [5, 5.41) is 0. The maximum absolute atomic E-state index is 11.2. The Bertz CT molecular complexity index is 312. The molecule has 0 aliphatic heterocycles. The number of carbonyl (C=O) groups is 2. The van der Waals surface area contributed by atoms with E-state index in [1.54, 1.807) is 0 Å². The average molecular weight is 252 g/mol. The molecule has 0 bridgehead atoms. The van der Waals surface area contributed by atoms with Crippen molar-refractivity contribution in [2.45, 2.75) is 39.0 Å². The van der Waals surface area contributed by atoms with Crippen molar-refractivity contribution >= 4 is 11.9 Å². The molecule has 0 aliphatic rings. The van der Waals surface area contributed by atoms with E-state index in [0.717, 1.165) is 31.4 Å². The van der Waals surface area contributed by atoms with Crippen molar-refractivity contribution in [2.24, 2.45) is 0 Å². The first-order chi connectivity index (χ1) is 8.70. The Morgan fingerprint density at radius 3 is 2.28 bits per heavy atom. The van der Waals surface area contributed by atoms with Crippen LogP contribution in [0.2, 0.25) is 0 Å².